The van der Waals surface area contributed by atoms with Crippen LogP contribution in [0.15, 0.2) is 6.20 Å². The van der Waals surface area contributed by atoms with Crippen molar-refractivity contribution in [1.29, 1.82) is 0 Å². The molecule has 0 N–H and O–H groups in total. The molecule has 2 heterocycles. The van der Waals surface area contributed by atoms with Crippen LogP contribution >= 0.6 is 0 Å². The Kier molecular flexibility index (Phi) is 4.10. The number of carbonyl (C=O) groups is 1. The molecule has 1 saturated heterocycles. The van der Waals surface area contributed by atoms with Crippen LogP contribution in [-0.2, 0) is 16.3 Å². The normalized spacial score (nSPS) is 17.6. The Bertz CT molecular complexity index is 504. The molecule has 0 bridgehead atoms. The van der Waals surface area contributed by atoms with Gasteiger partial charge in [-0.2, -0.15) is 0 Å². The van der Waals surface area contributed by atoms with Crippen molar-refractivity contribution < 1.29 is 9.53 Å². The molecule has 0 atom stereocenters. The summed E-state index contributed by atoms with van der Waals surface area (Å²) in [7, 11) is 0. The first-order valence-electron chi connectivity index (χ1n) is 7.39. The number of aromatic nitrogens is 3. The third-order valence-electron chi connectivity index (χ3n) is 3.75. The molecular weight excluding hydrogens is 268 g/mol. The molecule has 0 radical (unpaired) electrons. The molecule has 0 saturated carbocycles. The summed E-state index contributed by atoms with van der Waals surface area (Å²) in [6.07, 6.45) is 1.88. The lowest BCUT2D eigenvalue weighted by molar-refractivity contribution is -0.157. The average molecular weight is 294 g/mol. The minimum absolute atomic E-state index is 0.124. The number of esters is 1. The van der Waals surface area contributed by atoms with Crippen molar-refractivity contribution in [1.82, 2.24) is 19.9 Å². The van der Waals surface area contributed by atoms with Gasteiger partial charge in [-0.1, -0.05) is 5.21 Å². The first kappa shape index (κ1) is 15.9. The molecule has 21 heavy (non-hydrogen) atoms. The van der Waals surface area contributed by atoms with E-state index in [1.807, 2.05) is 27.0 Å². The number of hydrogen-bond donors (Lipinski definition) is 0. The first-order valence-corrected chi connectivity index (χ1v) is 7.39. The van der Waals surface area contributed by atoms with Crippen LogP contribution in [0.25, 0.3) is 0 Å². The monoisotopic (exact) mass is 294 g/mol. The van der Waals surface area contributed by atoms with E-state index in [2.05, 4.69) is 36.0 Å². The predicted octanol–water partition coefficient (Wildman–Crippen LogP) is 2.02. The summed E-state index contributed by atoms with van der Waals surface area (Å²) >= 11 is 0. The van der Waals surface area contributed by atoms with Crippen molar-refractivity contribution in [3.8, 4) is 0 Å². The molecule has 118 valence electrons. The van der Waals surface area contributed by atoms with Crippen molar-refractivity contribution in [2.24, 2.45) is 5.41 Å². The van der Waals surface area contributed by atoms with Gasteiger partial charge in [-0.15, -0.1) is 5.10 Å². The van der Waals surface area contributed by atoms with E-state index in [1.54, 1.807) is 4.68 Å². The lowest BCUT2D eigenvalue weighted by atomic mass is 9.90. The van der Waals surface area contributed by atoms with Crippen molar-refractivity contribution in [3.05, 3.63) is 11.9 Å². The Balaban J connectivity index is 1.85. The molecule has 0 unspecified atom stereocenters. The molecule has 1 fully saturated rings. The van der Waals surface area contributed by atoms with Crippen molar-refractivity contribution in [2.75, 3.05) is 13.1 Å². The van der Waals surface area contributed by atoms with E-state index in [0.717, 1.165) is 18.8 Å². The van der Waals surface area contributed by atoms with Gasteiger partial charge in [0.1, 0.15) is 0 Å². The quantitative estimate of drug-likeness (QED) is 0.798. The van der Waals surface area contributed by atoms with Crippen LogP contribution < -0.4 is 0 Å². The average Bonchev–Trinajstić information content (AvgIpc) is 2.68. The third kappa shape index (κ3) is 3.81. The Labute approximate surface area is 126 Å². The summed E-state index contributed by atoms with van der Waals surface area (Å²) in [5, 5.41) is 8.22. The number of rotatable bonds is 3. The molecular formula is C15H26N4O2. The summed E-state index contributed by atoms with van der Waals surface area (Å²) in [6, 6.07) is 0. The Morgan fingerprint density at radius 3 is 2.43 bits per heavy atom. The summed E-state index contributed by atoms with van der Waals surface area (Å²) in [5.74, 6) is 0.193. The summed E-state index contributed by atoms with van der Waals surface area (Å²) in [5.41, 5.74) is 0.682. The molecule has 6 nitrogen and oxygen atoms in total. The number of likely N-dealkylation sites (tertiary alicyclic amines) is 1. The van der Waals surface area contributed by atoms with Gasteiger partial charge in [-0.3, -0.25) is 9.69 Å². The smallest absolute Gasteiger partial charge is 0.313 e. The number of hydrogen-bond acceptors (Lipinski definition) is 5. The Hall–Kier alpha value is -1.43. The fraction of sp³-hybridized carbons (Fsp3) is 0.800. The zero-order valence-corrected chi connectivity index (χ0v) is 13.9. The highest BCUT2D eigenvalue weighted by Crippen LogP contribution is 2.31. The van der Waals surface area contributed by atoms with Gasteiger partial charge in [0, 0.05) is 24.5 Å². The maximum absolute atomic E-state index is 11.7. The summed E-state index contributed by atoms with van der Waals surface area (Å²) < 4.78 is 6.81. The van der Waals surface area contributed by atoms with Crippen LogP contribution in [0, 0.1) is 5.41 Å². The Morgan fingerprint density at radius 1 is 1.29 bits per heavy atom. The van der Waals surface area contributed by atoms with Gasteiger partial charge in [-0.25, -0.2) is 4.68 Å². The molecule has 1 aliphatic rings. The second-order valence-corrected chi connectivity index (χ2v) is 7.77. The maximum atomic E-state index is 11.7. The minimum Gasteiger partial charge on any atom is -0.442 e. The summed E-state index contributed by atoms with van der Waals surface area (Å²) in [4.78, 5) is 14.1. The number of nitrogens with zero attached hydrogens (tertiary/aromatic N) is 4. The van der Waals surface area contributed by atoms with Crippen molar-refractivity contribution >= 4 is 5.97 Å². The van der Waals surface area contributed by atoms with Crippen LogP contribution in [0.2, 0.25) is 0 Å². The van der Waals surface area contributed by atoms with Crippen molar-refractivity contribution in [2.45, 2.75) is 59.7 Å². The molecule has 2 rings (SSSR count). The summed E-state index contributed by atoms with van der Waals surface area (Å²) in [6.45, 7) is 14.3. The molecule has 1 aromatic rings. The third-order valence-corrected chi connectivity index (χ3v) is 3.75. The molecule has 6 heteroatoms. The molecule has 0 aromatic carbocycles. The van der Waals surface area contributed by atoms with E-state index in [9.17, 15) is 4.79 Å². The first-order chi connectivity index (χ1) is 9.57. The van der Waals surface area contributed by atoms with Gasteiger partial charge in [0.05, 0.1) is 17.3 Å². The number of carbonyl (C=O) groups excluding carboxylic acids is 1. The second-order valence-electron chi connectivity index (χ2n) is 7.77. The minimum atomic E-state index is -0.495. The van der Waals surface area contributed by atoms with Gasteiger partial charge in [0.2, 0.25) is 0 Å². The molecule has 1 aromatic heterocycles. The van der Waals surface area contributed by atoms with Crippen LogP contribution in [-0.4, -0.2) is 44.5 Å². The van der Waals surface area contributed by atoms with Gasteiger partial charge in [0.25, 0.3) is 0 Å². The predicted molar refractivity (Wildman–Crippen MR) is 79.6 cm³/mol. The lowest BCUT2D eigenvalue weighted by Gasteiger charge is -2.47. The van der Waals surface area contributed by atoms with Crippen LogP contribution in [0.3, 0.4) is 0 Å². The van der Waals surface area contributed by atoms with E-state index < -0.39 is 5.41 Å². The van der Waals surface area contributed by atoms with Gasteiger partial charge in [0.15, 0.2) is 6.73 Å². The fourth-order valence-electron chi connectivity index (χ4n) is 2.12. The van der Waals surface area contributed by atoms with Gasteiger partial charge >= 0.3 is 5.97 Å². The highest BCUT2D eigenvalue weighted by Gasteiger charge is 2.36. The van der Waals surface area contributed by atoms with E-state index in [4.69, 9.17) is 4.74 Å². The highest BCUT2D eigenvalue weighted by atomic mass is 16.5. The van der Waals surface area contributed by atoms with E-state index in [0.29, 0.717) is 5.92 Å². The second kappa shape index (κ2) is 5.40. The van der Waals surface area contributed by atoms with E-state index >= 15 is 0 Å². The zero-order chi connectivity index (χ0) is 15.8. The maximum Gasteiger partial charge on any atom is 0.313 e. The zero-order valence-electron chi connectivity index (χ0n) is 13.9. The molecule has 0 spiro atoms. The molecule has 0 amide bonds. The molecule has 1 aliphatic heterocycles. The lowest BCUT2D eigenvalue weighted by Crippen LogP contribution is -2.54. The highest BCUT2D eigenvalue weighted by molar-refractivity contribution is 5.75. The van der Waals surface area contributed by atoms with Gasteiger partial charge < -0.3 is 4.74 Å². The topological polar surface area (TPSA) is 60.2 Å². The van der Waals surface area contributed by atoms with E-state index in [-0.39, 0.29) is 18.2 Å². The standard InChI is InChI=1S/C15H26N4O2/c1-14(2,3)13(20)21-10-19-9-12(16-17-19)11-7-18(8-11)15(4,5)6/h9,11H,7-8,10H2,1-6H3. The van der Waals surface area contributed by atoms with Crippen LogP contribution in [0.5, 0.6) is 0 Å². The fourth-order valence-corrected chi connectivity index (χ4v) is 2.12. The number of ether oxygens (including phenoxy) is 1. The van der Waals surface area contributed by atoms with Crippen LogP contribution in [0.1, 0.15) is 53.2 Å². The van der Waals surface area contributed by atoms with Gasteiger partial charge in [-0.05, 0) is 41.5 Å². The molecule has 0 aliphatic carbocycles. The Morgan fingerprint density at radius 2 is 1.90 bits per heavy atom. The largest absolute Gasteiger partial charge is 0.442 e. The van der Waals surface area contributed by atoms with Crippen molar-refractivity contribution in [3.63, 3.8) is 0 Å². The SMILES string of the molecule is CC(C)(C)C(=O)OCn1cc(C2CN(C(C)(C)C)C2)nn1. The van der Waals surface area contributed by atoms with E-state index in [1.165, 1.54) is 0 Å². The van der Waals surface area contributed by atoms with Crippen LogP contribution in [0.4, 0.5) is 0 Å².